The molecule has 0 saturated carbocycles. The Morgan fingerprint density at radius 3 is 2.21 bits per heavy atom. The molecule has 0 spiro atoms. The largest absolute Gasteiger partial charge is 0.465 e. The first-order valence-electron chi connectivity index (χ1n) is 6.77. The van der Waals surface area contributed by atoms with E-state index in [1.807, 2.05) is 0 Å². The molecule has 6 heteroatoms. The first-order chi connectivity index (χ1) is 9.29. The Morgan fingerprint density at radius 2 is 1.58 bits per heavy atom. The summed E-state index contributed by atoms with van der Waals surface area (Å²) < 4.78 is 0. The number of carboxylic acid groups (broad SMARTS) is 1. The Balaban J connectivity index is 1.83. The van der Waals surface area contributed by atoms with Gasteiger partial charge in [-0.3, -0.25) is 0 Å². The summed E-state index contributed by atoms with van der Waals surface area (Å²) in [7, 11) is 0. The van der Waals surface area contributed by atoms with Crippen LogP contribution in [0.3, 0.4) is 0 Å². The fourth-order valence-corrected chi connectivity index (χ4v) is 1.74. The Labute approximate surface area is 113 Å². The van der Waals surface area contributed by atoms with Gasteiger partial charge in [-0.2, -0.15) is 0 Å². The smallest absolute Gasteiger partial charge is 0.404 e. The molecule has 0 aromatic carbocycles. The van der Waals surface area contributed by atoms with E-state index in [0.717, 1.165) is 32.2 Å². The number of anilines is 1. The molecule has 3 N–H and O–H groups in total. The lowest BCUT2D eigenvalue weighted by molar-refractivity contribution is 0.194. The van der Waals surface area contributed by atoms with Gasteiger partial charge in [0.1, 0.15) is 0 Å². The molecular weight excluding hydrogens is 244 g/mol. The van der Waals surface area contributed by atoms with E-state index in [1.54, 1.807) is 18.5 Å². The zero-order valence-corrected chi connectivity index (χ0v) is 11.1. The number of amides is 1. The van der Waals surface area contributed by atoms with Crippen molar-refractivity contribution >= 4 is 12.0 Å². The molecule has 106 valence electrons. The van der Waals surface area contributed by atoms with Crippen molar-refractivity contribution in [1.29, 1.82) is 0 Å². The second-order valence-corrected chi connectivity index (χ2v) is 4.35. The Hall–Kier alpha value is -1.85. The molecule has 0 atom stereocenters. The number of unbranched alkanes of at least 4 members (excludes halogenated alkanes) is 5. The predicted molar refractivity (Wildman–Crippen MR) is 74.3 cm³/mol. The molecule has 0 aliphatic rings. The van der Waals surface area contributed by atoms with E-state index in [9.17, 15) is 4.79 Å². The quantitative estimate of drug-likeness (QED) is 0.566. The second kappa shape index (κ2) is 10.1. The third kappa shape index (κ3) is 8.82. The summed E-state index contributed by atoms with van der Waals surface area (Å²) in [5.41, 5.74) is 0. The minimum Gasteiger partial charge on any atom is -0.465 e. The minimum atomic E-state index is -0.936. The van der Waals surface area contributed by atoms with Crippen LogP contribution in [0.25, 0.3) is 0 Å². The molecule has 0 fully saturated rings. The van der Waals surface area contributed by atoms with Gasteiger partial charge in [0, 0.05) is 25.5 Å². The summed E-state index contributed by atoms with van der Waals surface area (Å²) in [4.78, 5) is 18.4. The van der Waals surface area contributed by atoms with Crippen LogP contribution in [-0.4, -0.2) is 34.3 Å². The highest BCUT2D eigenvalue weighted by Crippen LogP contribution is 2.05. The van der Waals surface area contributed by atoms with E-state index in [4.69, 9.17) is 5.11 Å². The lowest BCUT2D eigenvalue weighted by Crippen LogP contribution is -2.21. The van der Waals surface area contributed by atoms with Crippen LogP contribution in [0.1, 0.15) is 38.5 Å². The summed E-state index contributed by atoms with van der Waals surface area (Å²) in [6.45, 7) is 1.45. The summed E-state index contributed by atoms with van der Waals surface area (Å²) in [6.07, 6.45) is 9.12. The van der Waals surface area contributed by atoms with Crippen molar-refractivity contribution in [3.8, 4) is 0 Å². The Morgan fingerprint density at radius 1 is 1.00 bits per heavy atom. The van der Waals surface area contributed by atoms with Crippen molar-refractivity contribution in [3.05, 3.63) is 18.5 Å². The number of carbonyl (C=O) groups is 1. The summed E-state index contributed by atoms with van der Waals surface area (Å²) in [5, 5.41) is 13.9. The summed E-state index contributed by atoms with van der Waals surface area (Å²) in [5.74, 6) is 0.683. The SMILES string of the molecule is O=C(O)NCCCCCCCCNc1ncccn1. The molecule has 0 radical (unpaired) electrons. The van der Waals surface area contributed by atoms with Gasteiger partial charge in [0.2, 0.25) is 5.95 Å². The standard InChI is InChI=1S/C13H22N4O2/c18-13(19)17-9-6-4-2-1-3-5-8-14-12-15-10-7-11-16-12/h7,10-11,17H,1-6,8-9H2,(H,18,19)(H,14,15,16). The van der Waals surface area contributed by atoms with Crippen molar-refractivity contribution in [2.24, 2.45) is 0 Å². The van der Waals surface area contributed by atoms with E-state index >= 15 is 0 Å². The van der Waals surface area contributed by atoms with Gasteiger partial charge in [0.15, 0.2) is 0 Å². The number of aromatic nitrogens is 2. The summed E-state index contributed by atoms with van der Waals surface area (Å²) >= 11 is 0. The van der Waals surface area contributed by atoms with Crippen LogP contribution in [-0.2, 0) is 0 Å². The fourth-order valence-electron chi connectivity index (χ4n) is 1.74. The van der Waals surface area contributed by atoms with E-state index in [1.165, 1.54) is 12.8 Å². The first kappa shape index (κ1) is 15.2. The van der Waals surface area contributed by atoms with Gasteiger partial charge >= 0.3 is 6.09 Å². The van der Waals surface area contributed by atoms with Crippen LogP contribution in [0.4, 0.5) is 10.7 Å². The van der Waals surface area contributed by atoms with E-state index in [0.29, 0.717) is 12.5 Å². The van der Waals surface area contributed by atoms with Crippen molar-refractivity contribution < 1.29 is 9.90 Å². The van der Waals surface area contributed by atoms with Gasteiger partial charge < -0.3 is 15.7 Å². The molecule has 6 nitrogen and oxygen atoms in total. The zero-order valence-electron chi connectivity index (χ0n) is 11.1. The average molecular weight is 266 g/mol. The van der Waals surface area contributed by atoms with Gasteiger partial charge in [-0.05, 0) is 18.9 Å². The monoisotopic (exact) mass is 266 g/mol. The lowest BCUT2D eigenvalue weighted by atomic mass is 10.1. The zero-order chi connectivity index (χ0) is 13.8. The fraction of sp³-hybridized carbons (Fsp3) is 0.615. The van der Waals surface area contributed by atoms with Gasteiger partial charge in [-0.1, -0.05) is 25.7 Å². The maximum absolute atomic E-state index is 10.2. The van der Waals surface area contributed by atoms with Gasteiger partial charge in [-0.15, -0.1) is 0 Å². The number of hydrogen-bond acceptors (Lipinski definition) is 4. The molecule has 1 aromatic heterocycles. The summed E-state index contributed by atoms with van der Waals surface area (Å²) in [6, 6.07) is 1.80. The highest BCUT2D eigenvalue weighted by Gasteiger charge is 1.95. The molecule has 1 rings (SSSR count). The molecule has 0 aliphatic carbocycles. The first-order valence-corrected chi connectivity index (χ1v) is 6.77. The van der Waals surface area contributed by atoms with Crippen molar-refractivity contribution in [3.63, 3.8) is 0 Å². The number of rotatable bonds is 10. The van der Waals surface area contributed by atoms with E-state index in [2.05, 4.69) is 20.6 Å². The van der Waals surface area contributed by atoms with Gasteiger partial charge in [0.05, 0.1) is 0 Å². The molecule has 0 saturated heterocycles. The molecule has 1 heterocycles. The number of nitrogens with one attached hydrogen (secondary N) is 2. The Kier molecular flexibility index (Phi) is 8.09. The topological polar surface area (TPSA) is 87.1 Å². The van der Waals surface area contributed by atoms with Crippen LogP contribution in [0, 0.1) is 0 Å². The van der Waals surface area contributed by atoms with E-state index in [-0.39, 0.29) is 0 Å². The van der Waals surface area contributed by atoms with Gasteiger partial charge in [0.25, 0.3) is 0 Å². The van der Waals surface area contributed by atoms with E-state index < -0.39 is 6.09 Å². The lowest BCUT2D eigenvalue weighted by Gasteiger charge is -2.04. The highest BCUT2D eigenvalue weighted by atomic mass is 16.4. The van der Waals surface area contributed by atoms with Crippen molar-refractivity contribution in [2.45, 2.75) is 38.5 Å². The van der Waals surface area contributed by atoms with Gasteiger partial charge in [-0.25, -0.2) is 14.8 Å². The maximum Gasteiger partial charge on any atom is 0.404 e. The molecule has 1 amide bonds. The van der Waals surface area contributed by atoms with Crippen LogP contribution in [0.15, 0.2) is 18.5 Å². The van der Waals surface area contributed by atoms with Crippen LogP contribution >= 0.6 is 0 Å². The number of hydrogen-bond donors (Lipinski definition) is 3. The molecule has 19 heavy (non-hydrogen) atoms. The normalized spacial score (nSPS) is 10.1. The second-order valence-electron chi connectivity index (χ2n) is 4.35. The van der Waals surface area contributed by atoms with Crippen LogP contribution in [0.2, 0.25) is 0 Å². The molecular formula is C13H22N4O2. The Bertz CT molecular complexity index is 346. The molecule has 0 bridgehead atoms. The van der Waals surface area contributed by atoms with Crippen LogP contribution in [0.5, 0.6) is 0 Å². The third-order valence-corrected chi connectivity index (χ3v) is 2.73. The number of nitrogens with zero attached hydrogens (tertiary/aromatic N) is 2. The maximum atomic E-state index is 10.2. The predicted octanol–water partition coefficient (Wildman–Crippen LogP) is 2.50. The molecule has 0 aliphatic heterocycles. The van der Waals surface area contributed by atoms with Crippen LogP contribution < -0.4 is 10.6 Å². The highest BCUT2D eigenvalue weighted by molar-refractivity contribution is 5.64. The molecule has 1 aromatic rings. The van der Waals surface area contributed by atoms with Crippen molar-refractivity contribution in [1.82, 2.24) is 15.3 Å². The van der Waals surface area contributed by atoms with Crippen molar-refractivity contribution in [2.75, 3.05) is 18.4 Å². The third-order valence-electron chi connectivity index (χ3n) is 2.73. The molecule has 0 unspecified atom stereocenters. The average Bonchev–Trinajstić information content (AvgIpc) is 2.42. The minimum absolute atomic E-state index is 0.558.